The highest BCUT2D eigenvalue weighted by atomic mass is 16.1. The minimum atomic E-state index is 0.816. The maximum atomic E-state index is 11.6. The van der Waals surface area contributed by atoms with Gasteiger partial charge in [0, 0.05) is 5.56 Å². The Kier molecular flexibility index (Phi) is 8.18. The van der Waals surface area contributed by atoms with Gasteiger partial charge in [-0.3, -0.25) is 4.79 Å². The topological polar surface area (TPSA) is 17.1 Å². The number of aldehydes is 1. The molecule has 0 aliphatic heterocycles. The van der Waals surface area contributed by atoms with Crippen LogP contribution in [0.25, 0.3) is 16.3 Å². The fourth-order valence-electron chi connectivity index (χ4n) is 3.30. The summed E-state index contributed by atoms with van der Waals surface area (Å²) in [6.45, 7) is 4.20. The molecule has 1 heteroatoms. The molecular weight excluding hydrogens is 304 g/mol. The van der Waals surface area contributed by atoms with Crippen LogP contribution in [0.2, 0.25) is 0 Å². The number of hydrogen-bond acceptors (Lipinski definition) is 1. The Bertz CT molecular complexity index is 737. The van der Waals surface area contributed by atoms with Crippen LogP contribution in [0, 0.1) is 0 Å². The standard InChI is InChI=1S/C24H30O/c1-3-4-5-6-7-8-9-10-11-14-20(2)22-18-17-21-15-12-13-16-23(21)24(22)19-25/h3-4,12-19H,5-11H2,1-2H3/b4-3+,20-14?. The number of rotatable bonds is 10. The lowest BCUT2D eigenvalue weighted by molar-refractivity contribution is 0.112. The summed E-state index contributed by atoms with van der Waals surface area (Å²) in [5, 5.41) is 2.17. The van der Waals surface area contributed by atoms with Crippen molar-refractivity contribution < 1.29 is 4.79 Å². The predicted octanol–water partition coefficient (Wildman–Crippen LogP) is 7.36. The number of unbranched alkanes of at least 4 members (excludes halogenated alkanes) is 6. The van der Waals surface area contributed by atoms with Crippen LogP contribution >= 0.6 is 0 Å². The third-order valence-corrected chi connectivity index (χ3v) is 4.77. The molecule has 0 heterocycles. The number of benzene rings is 2. The van der Waals surface area contributed by atoms with Crippen LogP contribution in [0.4, 0.5) is 0 Å². The van der Waals surface area contributed by atoms with Crippen LogP contribution in [0.3, 0.4) is 0 Å². The van der Waals surface area contributed by atoms with Crippen molar-refractivity contribution in [1.29, 1.82) is 0 Å². The lowest BCUT2D eigenvalue weighted by Crippen LogP contribution is -1.92. The van der Waals surface area contributed by atoms with Gasteiger partial charge in [0.15, 0.2) is 6.29 Å². The smallest absolute Gasteiger partial charge is 0.151 e. The molecule has 0 fully saturated rings. The molecule has 0 radical (unpaired) electrons. The van der Waals surface area contributed by atoms with Gasteiger partial charge in [0.25, 0.3) is 0 Å². The van der Waals surface area contributed by atoms with Crippen molar-refractivity contribution in [3.63, 3.8) is 0 Å². The summed E-state index contributed by atoms with van der Waals surface area (Å²) >= 11 is 0. The SMILES string of the molecule is C/C=C/CCCCCCCC=C(C)c1ccc2ccccc2c1C=O. The number of fused-ring (bicyclic) bond motifs is 1. The first-order valence-electron chi connectivity index (χ1n) is 9.53. The van der Waals surface area contributed by atoms with Crippen molar-refractivity contribution in [3.8, 4) is 0 Å². The van der Waals surface area contributed by atoms with E-state index in [1.807, 2.05) is 18.2 Å². The number of allylic oxidation sites excluding steroid dienone is 4. The largest absolute Gasteiger partial charge is 0.298 e. The van der Waals surface area contributed by atoms with Crippen molar-refractivity contribution in [3.05, 3.63) is 65.8 Å². The zero-order chi connectivity index (χ0) is 17.9. The molecular formula is C24H30O. The van der Waals surface area contributed by atoms with E-state index in [0.717, 1.165) is 34.6 Å². The van der Waals surface area contributed by atoms with Crippen LogP contribution in [0.5, 0.6) is 0 Å². The molecule has 0 saturated carbocycles. The van der Waals surface area contributed by atoms with Gasteiger partial charge in [-0.15, -0.1) is 0 Å². The van der Waals surface area contributed by atoms with E-state index in [4.69, 9.17) is 0 Å². The van der Waals surface area contributed by atoms with Gasteiger partial charge in [0.1, 0.15) is 0 Å². The van der Waals surface area contributed by atoms with Gasteiger partial charge >= 0.3 is 0 Å². The minimum absolute atomic E-state index is 0.816. The number of carbonyl (C=O) groups excluding carboxylic acids is 1. The van der Waals surface area contributed by atoms with E-state index >= 15 is 0 Å². The van der Waals surface area contributed by atoms with Crippen LogP contribution in [-0.4, -0.2) is 6.29 Å². The lowest BCUT2D eigenvalue weighted by Gasteiger charge is -2.09. The van der Waals surface area contributed by atoms with E-state index in [1.54, 1.807) is 0 Å². The summed E-state index contributed by atoms with van der Waals surface area (Å²) in [5.74, 6) is 0. The highest BCUT2D eigenvalue weighted by Crippen LogP contribution is 2.26. The second kappa shape index (κ2) is 10.7. The third-order valence-electron chi connectivity index (χ3n) is 4.77. The maximum Gasteiger partial charge on any atom is 0.151 e. The quantitative estimate of drug-likeness (QED) is 0.252. The zero-order valence-electron chi connectivity index (χ0n) is 15.6. The molecule has 0 aliphatic rings. The Labute approximate surface area is 152 Å². The van der Waals surface area contributed by atoms with E-state index in [1.165, 1.54) is 44.1 Å². The highest BCUT2D eigenvalue weighted by Gasteiger charge is 2.07. The minimum Gasteiger partial charge on any atom is -0.298 e. The molecule has 0 saturated heterocycles. The van der Waals surface area contributed by atoms with Crippen LogP contribution in [0.15, 0.2) is 54.6 Å². The molecule has 0 N–H and O–H groups in total. The molecule has 0 atom stereocenters. The lowest BCUT2D eigenvalue weighted by atomic mass is 9.94. The predicted molar refractivity (Wildman–Crippen MR) is 110 cm³/mol. The monoisotopic (exact) mass is 334 g/mol. The van der Waals surface area contributed by atoms with Gasteiger partial charge in [-0.25, -0.2) is 0 Å². The molecule has 0 spiro atoms. The van der Waals surface area contributed by atoms with Gasteiger partial charge < -0.3 is 0 Å². The van der Waals surface area contributed by atoms with E-state index < -0.39 is 0 Å². The average Bonchev–Trinajstić information content (AvgIpc) is 2.65. The van der Waals surface area contributed by atoms with Gasteiger partial charge in [0.2, 0.25) is 0 Å². The van der Waals surface area contributed by atoms with E-state index in [9.17, 15) is 4.79 Å². The first-order chi connectivity index (χ1) is 12.3. The summed E-state index contributed by atoms with van der Waals surface area (Å²) in [6.07, 6.45) is 16.4. The van der Waals surface area contributed by atoms with Crippen molar-refractivity contribution in [2.24, 2.45) is 0 Å². The van der Waals surface area contributed by atoms with Crippen molar-refractivity contribution >= 4 is 22.6 Å². The first-order valence-corrected chi connectivity index (χ1v) is 9.53. The zero-order valence-corrected chi connectivity index (χ0v) is 15.6. The van der Waals surface area contributed by atoms with Crippen molar-refractivity contribution in [2.75, 3.05) is 0 Å². The summed E-state index contributed by atoms with van der Waals surface area (Å²) in [7, 11) is 0. The molecule has 0 unspecified atom stereocenters. The molecule has 1 nitrogen and oxygen atoms in total. The molecule has 25 heavy (non-hydrogen) atoms. The van der Waals surface area contributed by atoms with E-state index in [-0.39, 0.29) is 0 Å². The average molecular weight is 335 g/mol. The molecule has 2 rings (SSSR count). The second-order valence-electron chi connectivity index (χ2n) is 6.67. The summed E-state index contributed by atoms with van der Waals surface area (Å²) in [5.41, 5.74) is 3.09. The van der Waals surface area contributed by atoms with Crippen molar-refractivity contribution in [1.82, 2.24) is 0 Å². The van der Waals surface area contributed by atoms with Crippen LogP contribution in [-0.2, 0) is 0 Å². The Morgan fingerprint density at radius 3 is 2.40 bits per heavy atom. The highest BCUT2D eigenvalue weighted by molar-refractivity contribution is 6.02. The fourth-order valence-corrected chi connectivity index (χ4v) is 3.30. The van der Waals surface area contributed by atoms with Crippen molar-refractivity contribution in [2.45, 2.75) is 58.8 Å². The van der Waals surface area contributed by atoms with E-state index in [2.05, 4.69) is 50.3 Å². The first kappa shape index (κ1) is 19.2. The van der Waals surface area contributed by atoms with Gasteiger partial charge in [0.05, 0.1) is 0 Å². The summed E-state index contributed by atoms with van der Waals surface area (Å²) in [4.78, 5) is 11.6. The number of hydrogen-bond donors (Lipinski definition) is 0. The third kappa shape index (κ3) is 5.70. The number of carbonyl (C=O) groups is 1. The Morgan fingerprint density at radius 2 is 1.64 bits per heavy atom. The fraction of sp³-hybridized carbons (Fsp3) is 0.375. The molecule has 132 valence electrons. The molecule has 2 aromatic carbocycles. The Balaban J connectivity index is 1.89. The normalized spacial score (nSPS) is 12.2. The molecule has 0 bridgehead atoms. The van der Waals surface area contributed by atoms with Gasteiger partial charge in [-0.1, -0.05) is 73.9 Å². The molecule has 0 amide bonds. The Morgan fingerprint density at radius 1 is 0.920 bits per heavy atom. The van der Waals surface area contributed by atoms with Crippen LogP contribution < -0.4 is 0 Å². The van der Waals surface area contributed by atoms with Gasteiger partial charge in [-0.2, -0.15) is 0 Å². The Hall–Kier alpha value is -2.15. The molecule has 2 aromatic rings. The van der Waals surface area contributed by atoms with Crippen LogP contribution in [0.1, 0.15) is 74.7 Å². The van der Waals surface area contributed by atoms with Gasteiger partial charge in [-0.05, 0) is 61.4 Å². The maximum absolute atomic E-state index is 11.6. The molecule has 0 aromatic heterocycles. The second-order valence-corrected chi connectivity index (χ2v) is 6.67. The summed E-state index contributed by atoms with van der Waals surface area (Å²) < 4.78 is 0. The summed E-state index contributed by atoms with van der Waals surface area (Å²) in [6, 6.07) is 12.3. The van der Waals surface area contributed by atoms with E-state index in [0.29, 0.717) is 0 Å². The molecule has 0 aliphatic carbocycles.